The zero-order valence-electron chi connectivity index (χ0n) is 15.7. The molecule has 2 unspecified atom stereocenters. The summed E-state index contributed by atoms with van der Waals surface area (Å²) >= 11 is 0. The van der Waals surface area contributed by atoms with Crippen LogP contribution in [-0.4, -0.2) is 43.9 Å². The Morgan fingerprint density at radius 3 is 1.96 bits per heavy atom. The average molecular weight is 346 g/mol. The summed E-state index contributed by atoms with van der Waals surface area (Å²) in [5, 5.41) is 0. The van der Waals surface area contributed by atoms with Crippen LogP contribution in [0.4, 0.5) is 0 Å². The lowest BCUT2D eigenvalue weighted by Crippen LogP contribution is -3.00. The smallest absolute Gasteiger partial charge is 0.0969 e. The first-order valence-corrected chi connectivity index (χ1v) is 9.76. The number of ether oxygens (including phenoxy) is 1. The fourth-order valence-corrected chi connectivity index (χ4v) is 3.28. The van der Waals surface area contributed by atoms with Crippen molar-refractivity contribution in [3.63, 3.8) is 0 Å². The standard InChI is InChI=1S/C20H40NO.ClH/c1-4-6-7-8-9-10-11-12-13-14-17-21(3,16-5-2)18-15-20-19-22-20;/h5,20H,2,4,6-19H2,1,3H3;1H/q+1;/p-1. The van der Waals surface area contributed by atoms with Crippen LogP contribution in [0.1, 0.15) is 77.6 Å². The Bertz CT molecular complexity index is 281. The van der Waals surface area contributed by atoms with Gasteiger partial charge in [0.25, 0.3) is 0 Å². The van der Waals surface area contributed by atoms with Crippen LogP contribution in [-0.2, 0) is 4.74 Å². The third-order valence-electron chi connectivity index (χ3n) is 5.01. The molecule has 0 radical (unpaired) electrons. The molecule has 2 nitrogen and oxygen atoms in total. The molecule has 0 aromatic heterocycles. The van der Waals surface area contributed by atoms with Gasteiger partial charge in [0, 0.05) is 6.42 Å². The molecule has 1 aliphatic rings. The van der Waals surface area contributed by atoms with E-state index in [1.807, 2.05) is 0 Å². The molecule has 0 saturated carbocycles. The molecule has 0 amide bonds. The summed E-state index contributed by atoms with van der Waals surface area (Å²) in [4.78, 5) is 0. The van der Waals surface area contributed by atoms with Crippen molar-refractivity contribution in [2.24, 2.45) is 0 Å². The van der Waals surface area contributed by atoms with Gasteiger partial charge in [-0.05, 0) is 18.9 Å². The molecule has 0 aliphatic carbocycles. The van der Waals surface area contributed by atoms with Crippen LogP contribution in [0.2, 0.25) is 0 Å². The van der Waals surface area contributed by atoms with Gasteiger partial charge in [0.1, 0.15) is 0 Å². The minimum Gasteiger partial charge on any atom is -1.00 e. The van der Waals surface area contributed by atoms with E-state index in [0.717, 1.165) is 17.6 Å². The number of nitrogens with zero attached hydrogens (tertiary/aromatic N) is 1. The monoisotopic (exact) mass is 345 g/mol. The molecule has 138 valence electrons. The first kappa shape index (κ1) is 22.9. The molecule has 1 fully saturated rings. The molecule has 2 atom stereocenters. The molecule has 0 aromatic rings. The first-order chi connectivity index (χ1) is 10.7. The van der Waals surface area contributed by atoms with Gasteiger partial charge in [-0.25, -0.2) is 0 Å². The largest absolute Gasteiger partial charge is 1.00 e. The minimum atomic E-state index is 0. The van der Waals surface area contributed by atoms with E-state index in [9.17, 15) is 0 Å². The second kappa shape index (κ2) is 14.3. The van der Waals surface area contributed by atoms with Crippen molar-refractivity contribution in [3.05, 3.63) is 12.7 Å². The van der Waals surface area contributed by atoms with Gasteiger partial charge in [0.2, 0.25) is 0 Å². The second-order valence-corrected chi connectivity index (χ2v) is 7.46. The lowest BCUT2D eigenvalue weighted by atomic mass is 10.1. The molecule has 1 rings (SSSR count). The maximum atomic E-state index is 5.35. The van der Waals surface area contributed by atoms with E-state index in [1.165, 1.54) is 83.7 Å². The summed E-state index contributed by atoms with van der Waals surface area (Å²) in [6.45, 7) is 10.9. The Morgan fingerprint density at radius 1 is 0.957 bits per heavy atom. The molecular weight excluding hydrogens is 306 g/mol. The molecule has 1 saturated heterocycles. The van der Waals surface area contributed by atoms with Crippen LogP contribution in [0.5, 0.6) is 0 Å². The van der Waals surface area contributed by atoms with Crippen molar-refractivity contribution >= 4 is 0 Å². The van der Waals surface area contributed by atoms with E-state index >= 15 is 0 Å². The normalized spacial score (nSPS) is 19.0. The molecule has 0 spiro atoms. The van der Waals surface area contributed by atoms with Crippen LogP contribution < -0.4 is 12.4 Å². The van der Waals surface area contributed by atoms with Gasteiger partial charge < -0.3 is 21.6 Å². The Hall–Kier alpha value is -0.0500. The van der Waals surface area contributed by atoms with Crippen LogP contribution in [0, 0.1) is 0 Å². The molecule has 0 N–H and O–H groups in total. The predicted molar refractivity (Wildman–Crippen MR) is 97.2 cm³/mol. The SMILES string of the molecule is C=CC[N+](C)(CCCCCCCCCCCC)CCC1CO1.[Cl-]. The molecular formula is C20H40ClNO. The highest BCUT2D eigenvalue weighted by Gasteiger charge is 2.27. The molecule has 3 heteroatoms. The van der Waals surface area contributed by atoms with E-state index in [-0.39, 0.29) is 12.4 Å². The average Bonchev–Trinajstić information content (AvgIpc) is 3.32. The third-order valence-corrected chi connectivity index (χ3v) is 5.01. The number of likely N-dealkylation sites (N-methyl/N-ethyl adjacent to an activating group) is 1. The minimum absolute atomic E-state index is 0. The van der Waals surface area contributed by atoms with Gasteiger partial charge in [0.05, 0.1) is 39.4 Å². The van der Waals surface area contributed by atoms with Crippen molar-refractivity contribution in [2.45, 2.75) is 83.7 Å². The van der Waals surface area contributed by atoms with Gasteiger partial charge in [-0.15, -0.1) is 0 Å². The molecule has 23 heavy (non-hydrogen) atoms. The molecule has 1 heterocycles. The highest BCUT2D eigenvalue weighted by molar-refractivity contribution is 4.70. The second-order valence-electron chi connectivity index (χ2n) is 7.46. The van der Waals surface area contributed by atoms with Gasteiger partial charge in [-0.3, -0.25) is 0 Å². The molecule has 0 bridgehead atoms. The summed E-state index contributed by atoms with van der Waals surface area (Å²) < 4.78 is 6.50. The zero-order valence-corrected chi connectivity index (χ0v) is 16.5. The van der Waals surface area contributed by atoms with E-state index in [4.69, 9.17) is 4.74 Å². The lowest BCUT2D eigenvalue weighted by molar-refractivity contribution is -0.904. The first-order valence-electron chi connectivity index (χ1n) is 9.76. The van der Waals surface area contributed by atoms with Crippen LogP contribution >= 0.6 is 0 Å². The van der Waals surface area contributed by atoms with Gasteiger partial charge >= 0.3 is 0 Å². The number of quaternary nitrogens is 1. The lowest BCUT2D eigenvalue weighted by Gasteiger charge is -2.33. The predicted octanol–water partition coefficient (Wildman–Crippen LogP) is 2.33. The van der Waals surface area contributed by atoms with Gasteiger partial charge in [0.15, 0.2) is 0 Å². The Balaban J connectivity index is 0.00000484. The third kappa shape index (κ3) is 13.0. The summed E-state index contributed by atoms with van der Waals surface area (Å²) in [6, 6.07) is 0. The van der Waals surface area contributed by atoms with E-state index < -0.39 is 0 Å². The Labute approximate surface area is 151 Å². The number of unbranched alkanes of at least 4 members (excludes halogenated alkanes) is 9. The highest BCUT2D eigenvalue weighted by Crippen LogP contribution is 2.18. The fraction of sp³-hybridized carbons (Fsp3) is 0.900. The van der Waals surface area contributed by atoms with E-state index in [1.54, 1.807) is 0 Å². The van der Waals surface area contributed by atoms with Crippen molar-refractivity contribution in [2.75, 3.05) is 33.3 Å². The molecule has 1 aliphatic heterocycles. The fourth-order valence-electron chi connectivity index (χ4n) is 3.28. The number of hydrogen-bond acceptors (Lipinski definition) is 1. The Kier molecular flexibility index (Phi) is 14.3. The quantitative estimate of drug-likeness (QED) is 0.181. The topological polar surface area (TPSA) is 12.5 Å². The van der Waals surface area contributed by atoms with E-state index in [2.05, 4.69) is 26.6 Å². The zero-order chi connectivity index (χ0) is 16.1. The van der Waals surface area contributed by atoms with Crippen molar-refractivity contribution in [3.8, 4) is 0 Å². The number of epoxide rings is 1. The van der Waals surface area contributed by atoms with E-state index in [0.29, 0.717) is 6.10 Å². The van der Waals surface area contributed by atoms with Crippen molar-refractivity contribution in [1.82, 2.24) is 0 Å². The number of halogens is 1. The summed E-state index contributed by atoms with van der Waals surface area (Å²) in [7, 11) is 2.39. The van der Waals surface area contributed by atoms with Crippen LogP contribution in [0.3, 0.4) is 0 Å². The summed E-state index contributed by atoms with van der Waals surface area (Å²) in [6.07, 6.45) is 18.1. The van der Waals surface area contributed by atoms with Crippen molar-refractivity contribution < 1.29 is 21.6 Å². The molecule has 0 aromatic carbocycles. The van der Waals surface area contributed by atoms with Crippen molar-refractivity contribution in [1.29, 1.82) is 0 Å². The maximum Gasteiger partial charge on any atom is 0.0969 e. The van der Waals surface area contributed by atoms with Crippen LogP contribution in [0.25, 0.3) is 0 Å². The van der Waals surface area contributed by atoms with Crippen LogP contribution in [0.15, 0.2) is 12.7 Å². The maximum absolute atomic E-state index is 5.35. The number of hydrogen-bond donors (Lipinski definition) is 0. The summed E-state index contributed by atoms with van der Waals surface area (Å²) in [5.41, 5.74) is 0. The van der Waals surface area contributed by atoms with Gasteiger partial charge in [-0.1, -0.05) is 64.9 Å². The number of rotatable bonds is 16. The summed E-state index contributed by atoms with van der Waals surface area (Å²) in [5.74, 6) is 0. The highest BCUT2D eigenvalue weighted by atomic mass is 35.5. The van der Waals surface area contributed by atoms with Gasteiger partial charge in [-0.2, -0.15) is 0 Å². The Morgan fingerprint density at radius 2 is 1.48 bits per heavy atom.